The summed E-state index contributed by atoms with van der Waals surface area (Å²) in [4.78, 5) is 5.69. The Kier molecular flexibility index (Phi) is 7.57. The summed E-state index contributed by atoms with van der Waals surface area (Å²) < 4.78 is 0. The zero-order valence-corrected chi connectivity index (χ0v) is 10.2. The van der Waals surface area contributed by atoms with Gasteiger partial charge in [-0.3, -0.25) is 0 Å². The Balaban J connectivity index is 0.000000980. The Labute approximate surface area is 103 Å². The van der Waals surface area contributed by atoms with Gasteiger partial charge in [-0.15, -0.1) is 29.9 Å². The average Bonchev–Trinajstić information content (AvgIpc) is 2.21. The molecule has 1 aliphatic rings. The molecule has 0 saturated carbocycles. The van der Waals surface area contributed by atoms with Crippen LogP contribution in [0.2, 0.25) is 0 Å². The fourth-order valence-electron chi connectivity index (χ4n) is 1.59. The summed E-state index contributed by atoms with van der Waals surface area (Å²) in [5, 5.41) is 2.05. The van der Waals surface area contributed by atoms with Crippen LogP contribution >= 0.6 is 24.8 Å². The van der Waals surface area contributed by atoms with E-state index in [2.05, 4.69) is 5.06 Å². The van der Waals surface area contributed by atoms with E-state index < -0.39 is 0 Å². The summed E-state index contributed by atoms with van der Waals surface area (Å²) in [5.74, 6) is 0.949. The van der Waals surface area contributed by atoms with Crippen molar-refractivity contribution in [1.82, 2.24) is 5.06 Å². The lowest BCUT2D eigenvalue weighted by Crippen LogP contribution is -2.32. The monoisotopic (exact) mass is 249 g/mol. The van der Waals surface area contributed by atoms with E-state index in [-0.39, 0.29) is 24.8 Å². The molecule has 1 fully saturated rings. The third-order valence-corrected chi connectivity index (χ3v) is 2.29. The molecule has 0 atom stereocenters. The van der Waals surface area contributed by atoms with Gasteiger partial charge in [0.1, 0.15) is 5.75 Å². The number of nitrogens with zero attached hydrogens (tertiary/aromatic N) is 1. The van der Waals surface area contributed by atoms with Crippen molar-refractivity contribution in [3.63, 3.8) is 0 Å². The van der Waals surface area contributed by atoms with Crippen LogP contribution in [0.1, 0.15) is 19.3 Å². The quantitative estimate of drug-likeness (QED) is 0.798. The zero-order chi connectivity index (χ0) is 8.93. The predicted octanol–water partition coefficient (Wildman–Crippen LogP) is 3.31. The standard InChI is InChI=1S/C11H15NO.2ClH/c1-3-7-11(8-4-1)13-12-9-5-2-6-10-12;;/h1,3-4,7-8H,2,5-6,9-10H2;2*1H. The van der Waals surface area contributed by atoms with Crippen molar-refractivity contribution in [1.29, 1.82) is 0 Å². The smallest absolute Gasteiger partial charge is 0.147 e. The van der Waals surface area contributed by atoms with E-state index in [0.717, 1.165) is 18.8 Å². The van der Waals surface area contributed by atoms with Gasteiger partial charge in [-0.1, -0.05) is 24.6 Å². The fourth-order valence-corrected chi connectivity index (χ4v) is 1.59. The maximum atomic E-state index is 5.69. The molecule has 0 amide bonds. The number of hydrogen-bond acceptors (Lipinski definition) is 2. The van der Waals surface area contributed by atoms with Gasteiger partial charge < -0.3 is 4.84 Å². The first-order valence-electron chi connectivity index (χ1n) is 4.93. The molecule has 2 nitrogen and oxygen atoms in total. The Morgan fingerprint density at radius 3 is 2.07 bits per heavy atom. The first-order chi connectivity index (χ1) is 6.45. The van der Waals surface area contributed by atoms with Crippen LogP contribution in [0.25, 0.3) is 0 Å². The second-order valence-electron chi connectivity index (χ2n) is 3.39. The van der Waals surface area contributed by atoms with Crippen LogP contribution in [0.15, 0.2) is 30.3 Å². The Morgan fingerprint density at radius 1 is 0.867 bits per heavy atom. The molecule has 1 heterocycles. The van der Waals surface area contributed by atoms with Crippen molar-refractivity contribution in [3.05, 3.63) is 30.3 Å². The van der Waals surface area contributed by atoms with Crippen molar-refractivity contribution in [3.8, 4) is 5.75 Å². The van der Waals surface area contributed by atoms with Gasteiger partial charge in [-0.25, -0.2) is 0 Å². The highest BCUT2D eigenvalue weighted by atomic mass is 35.5. The number of hydrogen-bond donors (Lipinski definition) is 0. The van der Waals surface area contributed by atoms with Gasteiger partial charge in [0.2, 0.25) is 0 Å². The van der Waals surface area contributed by atoms with Crippen LogP contribution in [0, 0.1) is 0 Å². The first-order valence-corrected chi connectivity index (χ1v) is 4.93. The van der Waals surface area contributed by atoms with E-state index in [1.807, 2.05) is 30.3 Å². The zero-order valence-electron chi connectivity index (χ0n) is 8.59. The number of para-hydroxylation sites is 1. The highest BCUT2D eigenvalue weighted by Gasteiger charge is 2.10. The second kappa shape index (κ2) is 7.80. The molecule has 1 aromatic rings. The summed E-state index contributed by atoms with van der Waals surface area (Å²) in [6.07, 6.45) is 3.86. The van der Waals surface area contributed by atoms with Crippen LogP contribution in [0.4, 0.5) is 0 Å². The third kappa shape index (κ3) is 4.74. The van der Waals surface area contributed by atoms with Gasteiger partial charge in [0.05, 0.1) is 0 Å². The van der Waals surface area contributed by atoms with Gasteiger partial charge in [-0.2, -0.15) is 0 Å². The summed E-state index contributed by atoms with van der Waals surface area (Å²) in [7, 11) is 0. The maximum Gasteiger partial charge on any atom is 0.147 e. The molecule has 0 unspecified atom stereocenters. The van der Waals surface area contributed by atoms with Crippen LogP contribution in [-0.2, 0) is 0 Å². The van der Waals surface area contributed by atoms with Gasteiger partial charge in [-0.05, 0) is 25.0 Å². The molecular weight excluding hydrogens is 233 g/mol. The summed E-state index contributed by atoms with van der Waals surface area (Å²) in [6, 6.07) is 9.99. The first kappa shape index (κ1) is 14.6. The molecule has 4 heteroatoms. The van der Waals surface area contributed by atoms with Gasteiger partial charge in [0.15, 0.2) is 0 Å². The van der Waals surface area contributed by atoms with Crippen LogP contribution in [-0.4, -0.2) is 18.2 Å². The Hall–Kier alpha value is -0.440. The predicted molar refractivity (Wildman–Crippen MR) is 67.0 cm³/mol. The number of piperidine rings is 1. The highest BCUT2D eigenvalue weighted by Crippen LogP contribution is 2.14. The molecule has 15 heavy (non-hydrogen) atoms. The van der Waals surface area contributed by atoms with Crippen molar-refractivity contribution < 1.29 is 4.84 Å². The lowest BCUT2D eigenvalue weighted by molar-refractivity contribution is -0.0719. The van der Waals surface area contributed by atoms with Crippen molar-refractivity contribution in [2.45, 2.75) is 19.3 Å². The van der Waals surface area contributed by atoms with Crippen molar-refractivity contribution >= 4 is 24.8 Å². The molecular formula is C11H17Cl2NO. The van der Waals surface area contributed by atoms with E-state index in [0.29, 0.717) is 0 Å². The van der Waals surface area contributed by atoms with E-state index in [1.165, 1.54) is 19.3 Å². The molecule has 0 bridgehead atoms. The highest BCUT2D eigenvalue weighted by molar-refractivity contribution is 5.85. The van der Waals surface area contributed by atoms with Gasteiger partial charge >= 0.3 is 0 Å². The van der Waals surface area contributed by atoms with Crippen LogP contribution < -0.4 is 4.84 Å². The molecule has 1 aromatic carbocycles. The van der Waals surface area contributed by atoms with Crippen molar-refractivity contribution in [2.24, 2.45) is 0 Å². The molecule has 0 aromatic heterocycles. The number of benzene rings is 1. The minimum absolute atomic E-state index is 0. The molecule has 0 N–H and O–H groups in total. The average molecular weight is 250 g/mol. The molecule has 0 aliphatic carbocycles. The maximum absolute atomic E-state index is 5.69. The lowest BCUT2D eigenvalue weighted by atomic mass is 10.2. The van der Waals surface area contributed by atoms with E-state index in [9.17, 15) is 0 Å². The minimum Gasteiger partial charge on any atom is -0.406 e. The largest absolute Gasteiger partial charge is 0.406 e. The SMILES string of the molecule is Cl.Cl.c1ccc(ON2CCCCC2)cc1. The third-order valence-electron chi connectivity index (χ3n) is 2.29. The lowest BCUT2D eigenvalue weighted by Gasteiger charge is -2.25. The van der Waals surface area contributed by atoms with E-state index in [1.54, 1.807) is 0 Å². The molecule has 0 radical (unpaired) electrons. The Bertz CT molecular complexity index is 250. The fraction of sp³-hybridized carbons (Fsp3) is 0.455. The van der Waals surface area contributed by atoms with Gasteiger partial charge in [0.25, 0.3) is 0 Å². The number of halogens is 2. The summed E-state index contributed by atoms with van der Waals surface area (Å²) in [5.41, 5.74) is 0. The molecule has 1 aliphatic heterocycles. The van der Waals surface area contributed by atoms with Crippen LogP contribution in [0.5, 0.6) is 5.75 Å². The van der Waals surface area contributed by atoms with Crippen LogP contribution in [0.3, 0.4) is 0 Å². The van der Waals surface area contributed by atoms with E-state index in [4.69, 9.17) is 4.84 Å². The minimum atomic E-state index is 0. The molecule has 1 saturated heterocycles. The summed E-state index contributed by atoms with van der Waals surface area (Å²) in [6.45, 7) is 2.13. The second-order valence-corrected chi connectivity index (χ2v) is 3.39. The number of hydroxylamine groups is 2. The Morgan fingerprint density at radius 2 is 1.47 bits per heavy atom. The van der Waals surface area contributed by atoms with Gasteiger partial charge in [0, 0.05) is 13.1 Å². The molecule has 0 spiro atoms. The van der Waals surface area contributed by atoms with Crippen molar-refractivity contribution in [2.75, 3.05) is 13.1 Å². The number of rotatable bonds is 2. The van der Waals surface area contributed by atoms with E-state index >= 15 is 0 Å². The summed E-state index contributed by atoms with van der Waals surface area (Å²) >= 11 is 0. The molecule has 86 valence electrons. The normalized spacial score (nSPS) is 16.0. The topological polar surface area (TPSA) is 12.5 Å². The molecule has 2 rings (SSSR count).